The maximum atomic E-state index is 12.6. The largest absolute Gasteiger partial charge is 0.573 e. The first-order chi connectivity index (χ1) is 16.4. The first-order valence-corrected chi connectivity index (χ1v) is 11.1. The molecule has 0 saturated heterocycles. The van der Waals surface area contributed by atoms with Gasteiger partial charge in [0.15, 0.2) is 5.13 Å². The van der Waals surface area contributed by atoms with Crippen molar-refractivity contribution in [3.8, 4) is 5.75 Å². The van der Waals surface area contributed by atoms with Crippen molar-refractivity contribution in [1.82, 2.24) is 24.8 Å². The summed E-state index contributed by atoms with van der Waals surface area (Å²) in [4.78, 5) is 34.9. The molecule has 0 bridgehead atoms. The molecule has 0 aliphatic rings. The molecule has 2 heterocycles. The van der Waals surface area contributed by atoms with Crippen LogP contribution < -0.4 is 15.4 Å². The Labute approximate surface area is 201 Å². The zero-order valence-electron chi connectivity index (χ0n) is 19.1. The van der Waals surface area contributed by atoms with Gasteiger partial charge in [0.05, 0.1) is 21.3 Å². The highest BCUT2D eigenvalue weighted by atomic mass is 32.1. The number of amides is 2. The molecule has 2 amide bonds. The van der Waals surface area contributed by atoms with Crippen LogP contribution in [0.15, 0.2) is 36.4 Å². The van der Waals surface area contributed by atoms with Crippen LogP contribution in [0.25, 0.3) is 21.3 Å². The van der Waals surface area contributed by atoms with Gasteiger partial charge in [-0.1, -0.05) is 11.3 Å². The fourth-order valence-electron chi connectivity index (χ4n) is 3.43. The lowest BCUT2D eigenvalue weighted by Gasteiger charge is -2.17. The summed E-state index contributed by atoms with van der Waals surface area (Å²) in [7, 11) is 5.00. The SMILES string of the molecule is CC(NC(=O)c1ccc2c(c1)nc(Nc1nc3ccc(OC(F)(F)F)cc3s1)n2C)C(=O)N(C)C. The fourth-order valence-corrected chi connectivity index (χ4v) is 4.32. The molecule has 13 heteroatoms. The lowest BCUT2D eigenvalue weighted by molar-refractivity contribution is -0.274. The average Bonchev–Trinajstić information content (AvgIpc) is 3.31. The number of anilines is 2. The number of aryl methyl sites for hydroxylation is 1. The summed E-state index contributed by atoms with van der Waals surface area (Å²) < 4.78 is 43.7. The number of fused-ring (bicyclic) bond motifs is 2. The molecular formula is C22H21F3N6O3S. The van der Waals surface area contributed by atoms with Crippen LogP contribution in [0.2, 0.25) is 0 Å². The van der Waals surface area contributed by atoms with Crippen LogP contribution in [0.5, 0.6) is 5.75 Å². The minimum atomic E-state index is -4.78. The van der Waals surface area contributed by atoms with E-state index in [9.17, 15) is 22.8 Å². The minimum Gasteiger partial charge on any atom is -0.406 e. The molecule has 0 aliphatic heterocycles. The number of ether oxygens (including phenoxy) is 1. The second kappa shape index (κ2) is 9.06. The highest BCUT2D eigenvalue weighted by Gasteiger charge is 2.31. The van der Waals surface area contributed by atoms with E-state index in [-0.39, 0.29) is 11.7 Å². The lowest BCUT2D eigenvalue weighted by atomic mass is 10.1. The van der Waals surface area contributed by atoms with E-state index >= 15 is 0 Å². The van der Waals surface area contributed by atoms with Crippen molar-refractivity contribution in [3.05, 3.63) is 42.0 Å². The predicted molar refractivity (Wildman–Crippen MR) is 126 cm³/mol. The quantitative estimate of drug-likeness (QED) is 0.410. The molecular weight excluding hydrogens is 485 g/mol. The normalized spacial score (nSPS) is 12.5. The van der Waals surface area contributed by atoms with Crippen LogP contribution in [0.4, 0.5) is 24.3 Å². The van der Waals surface area contributed by atoms with Gasteiger partial charge in [-0.3, -0.25) is 9.59 Å². The van der Waals surface area contributed by atoms with Gasteiger partial charge in [-0.2, -0.15) is 0 Å². The Kier molecular flexibility index (Phi) is 6.28. The Hall–Kier alpha value is -3.87. The third-order valence-electron chi connectivity index (χ3n) is 5.11. The molecule has 2 aromatic heterocycles. The van der Waals surface area contributed by atoms with Crippen molar-refractivity contribution < 1.29 is 27.5 Å². The number of nitrogens with zero attached hydrogens (tertiary/aromatic N) is 4. The topological polar surface area (TPSA) is 101 Å². The number of nitrogens with one attached hydrogen (secondary N) is 2. The molecule has 2 N–H and O–H groups in total. The zero-order valence-corrected chi connectivity index (χ0v) is 19.9. The monoisotopic (exact) mass is 506 g/mol. The molecule has 9 nitrogen and oxygen atoms in total. The number of imidazole rings is 1. The Morgan fingerprint density at radius 2 is 1.86 bits per heavy atom. The number of hydrogen-bond acceptors (Lipinski definition) is 7. The third kappa shape index (κ3) is 5.29. The summed E-state index contributed by atoms with van der Waals surface area (Å²) >= 11 is 1.15. The van der Waals surface area contributed by atoms with Gasteiger partial charge in [0.1, 0.15) is 11.8 Å². The van der Waals surface area contributed by atoms with Gasteiger partial charge in [0.2, 0.25) is 11.9 Å². The number of carbonyl (C=O) groups excluding carboxylic acids is 2. The van der Waals surface area contributed by atoms with E-state index in [1.165, 1.54) is 23.1 Å². The van der Waals surface area contributed by atoms with E-state index in [4.69, 9.17) is 0 Å². The maximum Gasteiger partial charge on any atom is 0.573 e. The number of rotatable bonds is 6. The van der Waals surface area contributed by atoms with Gasteiger partial charge in [0, 0.05) is 32.8 Å². The molecule has 184 valence electrons. The van der Waals surface area contributed by atoms with E-state index < -0.39 is 18.3 Å². The number of likely N-dealkylation sites (N-methyl/N-ethyl adjacent to an activating group) is 1. The summed E-state index contributed by atoms with van der Waals surface area (Å²) in [5, 5.41) is 6.17. The second-order valence-corrected chi connectivity index (χ2v) is 8.98. The second-order valence-electron chi connectivity index (χ2n) is 7.95. The number of carbonyl (C=O) groups is 2. The van der Waals surface area contributed by atoms with Crippen LogP contribution in [0.1, 0.15) is 17.3 Å². The molecule has 35 heavy (non-hydrogen) atoms. The maximum absolute atomic E-state index is 12.6. The lowest BCUT2D eigenvalue weighted by Crippen LogP contribution is -2.44. The molecule has 0 aliphatic carbocycles. The molecule has 2 aromatic carbocycles. The number of alkyl halides is 3. The van der Waals surface area contributed by atoms with Crippen molar-refractivity contribution in [2.45, 2.75) is 19.3 Å². The molecule has 1 unspecified atom stereocenters. The van der Waals surface area contributed by atoms with Crippen LogP contribution in [0, 0.1) is 0 Å². The van der Waals surface area contributed by atoms with E-state index in [1.54, 1.807) is 50.8 Å². The Morgan fingerprint density at radius 3 is 2.54 bits per heavy atom. The van der Waals surface area contributed by atoms with Gasteiger partial charge in [-0.05, 0) is 37.3 Å². The van der Waals surface area contributed by atoms with Crippen molar-refractivity contribution in [2.24, 2.45) is 7.05 Å². The predicted octanol–water partition coefficient (Wildman–Crippen LogP) is 4.03. The van der Waals surface area contributed by atoms with Crippen molar-refractivity contribution in [1.29, 1.82) is 0 Å². The van der Waals surface area contributed by atoms with Gasteiger partial charge in [0.25, 0.3) is 5.91 Å². The standard InChI is InChI=1S/C22H21F3N6O3S/c1-11(19(33)30(2)3)26-18(32)12-5-8-16-15(9-12)27-20(31(16)4)29-21-28-14-7-6-13(10-17(14)35-21)34-22(23,24)25/h5-11H,1-4H3,(H,26,32)(H,27,28,29). The summed E-state index contributed by atoms with van der Waals surface area (Å²) in [6, 6.07) is 8.22. The van der Waals surface area contributed by atoms with Gasteiger partial charge in [-0.25, -0.2) is 9.97 Å². The summed E-state index contributed by atoms with van der Waals surface area (Å²) in [5.41, 5.74) is 2.13. The van der Waals surface area contributed by atoms with Gasteiger partial charge in [-0.15, -0.1) is 13.2 Å². The molecule has 4 aromatic rings. The Morgan fingerprint density at radius 1 is 1.11 bits per heavy atom. The molecule has 1 atom stereocenters. The van der Waals surface area contributed by atoms with Crippen molar-refractivity contribution in [3.63, 3.8) is 0 Å². The molecule has 0 saturated carbocycles. The fraction of sp³-hybridized carbons (Fsp3) is 0.273. The van der Waals surface area contributed by atoms with E-state index in [0.29, 0.717) is 32.4 Å². The van der Waals surface area contributed by atoms with Crippen LogP contribution in [-0.4, -0.2) is 57.7 Å². The van der Waals surface area contributed by atoms with Crippen molar-refractivity contribution >= 4 is 55.5 Å². The van der Waals surface area contributed by atoms with Crippen LogP contribution >= 0.6 is 11.3 Å². The average molecular weight is 507 g/mol. The molecule has 0 radical (unpaired) electrons. The first kappa shape index (κ1) is 24.3. The zero-order chi connectivity index (χ0) is 25.5. The van der Waals surface area contributed by atoms with E-state index in [1.807, 2.05) is 0 Å². The first-order valence-electron chi connectivity index (χ1n) is 10.3. The van der Waals surface area contributed by atoms with Crippen molar-refractivity contribution in [2.75, 3.05) is 19.4 Å². The molecule has 4 rings (SSSR count). The molecule has 0 spiro atoms. The van der Waals surface area contributed by atoms with Gasteiger partial charge >= 0.3 is 6.36 Å². The Balaban J connectivity index is 1.55. The van der Waals surface area contributed by atoms with E-state index in [2.05, 4.69) is 25.3 Å². The number of hydrogen-bond donors (Lipinski definition) is 2. The summed E-state index contributed by atoms with van der Waals surface area (Å²) in [6.45, 7) is 1.61. The number of thiazole rings is 1. The number of aromatic nitrogens is 3. The van der Waals surface area contributed by atoms with Gasteiger partial charge < -0.3 is 24.8 Å². The van der Waals surface area contributed by atoms with Crippen LogP contribution in [-0.2, 0) is 11.8 Å². The van der Waals surface area contributed by atoms with Crippen LogP contribution in [0.3, 0.4) is 0 Å². The smallest absolute Gasteiger partial charge is 0.406 e. The highest BCUT2D eigenvalue weighted by Crippen LogP contribution is 2.33. The summed E-state index contributed by atoms with van der Waals surface area (Å²) in [6.07, 6.45) is -4.78. The third-order valence-corrected chi connectivity index (χ3v) is 6.05. The molecule has 0 fully saturated rings. The minimum absolute atomic E-state index is 0.225. The summed E-state index contributed by atoms with van der Waals surface area (Å²) in [5.74, 6) is -0.524. The number of benzene rings is 2. The number of halogens is 3. The highest BCUT2D eigenvalue weighted by molar-refractivity contribution is 7.22. The Bertz CT molecular complexity index is 1430. The van der Waals surface area contributed by atoms with E-state index in [0.717, 1.165) is 16.9 Å².